The molecule has 1 aliphatic carbocycles. The number of benzene rings is 1. The molecule has 4 nitrogen and oxygen atoms in total. The quantitative estimate of drug-likeness (QED) is 0.841. The van der Waals surface area contributed by atoms with Crippen molar-refractivity contribution in [2.75, 3.05) is 0 Å². The van der Waals surface area contributed by atoms with Crippen LogP contribution in [0.2, 0.25) is 0 Å². The molecule has 1 aliphatic rings. The van der Waals surface area contributed by atoms with Crippen molar-refractivity contribution in [2.45, 2.75) is 45.2 Å². The van der Waals surface area contributed by atoms with Gasteiger partial charge in [0.15, 0.2) is 0 Å². The van der Waals surface area contributed by atoms with Gasteiger partial charge in [0.05, 0.1) is 17.6 Å². The fourth-order valence-electron chi connectivity index (χ4n) is 2.46. The van der Waals surface area contributed by atoms with Gasteiger partial charge in [-0.1, -0.05) is 38.0 Å². The maximum absolute atomic E-state index is 4.52. The highest BCUT2D eigenvalue weighted by molar-refractivity contribution is 5.28. The summed E-state index contributed by atoms with van der Waals surface area (Å²) in [5, 5.41) is 12.5. The zero-order chi connectivity index (χ0) is 13.8. The van der Waals surface area contributed by atoms with Gasteiger partial charge in [-0.2, -0.15) is 15.0 Å². The average molecular weight is 270 g/mol. The van der Waals surface area contributed by atoms with Crippen LogP contribution in [0.5, 0.6) is 0 Å². The molecular weight excluding hydrogens is 248 g/mol. The lowest BCUT2D eigenvalue weighted by molar-refractivity contribution is 0.441. The first-order valence-corrected chi connectivity index (χ1v) is 7.55. The smallest absolute Gasteiger partial charge is 0.0969 e. The van der Waals surface area contributed by atoms with Crippen LogP contribution >= 0.6 is 0 Å². The van der Waals surface area contributed by atoms with E-state index in [0.29, 0.717) is 6.04 Å². The van der Waals surface area contributed by atoms with Crippen molar-refractivity contribution in [1.82, 2.24) is 20.3 Å². The Kier molecular flexibility index (Phi) is 4.11. The van der Waals surface area contributed by atoms with Gasteiger partial charge in [0.1, 0.15) is 0 Å². The number of aromatic nitrogens is 3. The molecule has 2 aromatic rings. The molecule has 0 amide bonds. The minimum atomic E-state index is 0.615. The number of hydrogen-bond donors (Lipinski definition) is 1. The van der Waals surface area contributed by atoms with Gasteiger partial charge in [-0.3, -0.25) is 0 Å². The Morgan fingerprint density at radius 2 is 2.10 bits per heavy atom. The van der Waals surface area contributed by atoms with E-state index >= 15 is 0 Å². The van der Waals surface area contributed by atoms with Crippen molar-refractivity contribution < 1.29 is 0 Å². The molecule has 0 spiro atoms. The van der Waals surface area contributed by atoms with E-state index in [1.54, 1.807) is 4.80 Å². The molecule has 1 heterocycles. The molecule has 0 aliphatic heterocycles. The maximum Gasteiger partial charge on any atom is 0.0969 e. The molecule has 0 saturated heterocycles. The molecule has 4 heteroatoms. The number of rotatable bonds is 7. The third-order valence-corrected chi connectivity index (χ3v) is 3.91. The Labute approximate surface area is 120 Å². The second kappa shape index (κ2) is 6.18. The Hall–Kier alpha value is -1.68. The zero-order valence-electron chi connectivity index (χ0n) is 12.0. The number of para-hydroxylation sites is 1. The topological polar surface area (TPSA) is 42.7 Å². The van der Waals surface area contributed by atoms with E-state index in [1.807, 2.05) is 36.5 Å². The summed E-state index contributed by atoms with van der Waals surface area (Å²) in [6.45, 7) is 3.05. The lowest BCUT2D eigenvalue weighted by Crippen LogP contribution is -2.28. The third kappa shape index (κ3) is 3.45. The molecule has 20 heavy (non-hydrogen) atoms. The van der Waals surface area contributed by atoms with Gasteiger partial charge in [-0.25, -0.2) is 0 Å². The Morgan fingerprint density at radius 3 is 2.80 bits per heavy atom. The normalized spacial score (nSPS) is 16.2. The first kappa shape index (κ1) is 13.3. The Bertz CT molecular complexity index is 530. The van der Waals surface area contributed by atoms with Gasteiger partial charge in [-0.15, -0.1) is 0 Å². The Balaban J connectivity index is 1.56. The molecule has 0 radical (unpaired) electrons. The highest BCUT2D eigenvalue weighted by Gasteiger charge is 2.24. The summed E-state index contributed by atoms with van der Waals surface area (Å²) >= 11 is 0. The van der Waals surface area contributed by atoms with Crippen LogP contribution in [-0.4, -0.2) is 21.0 Å². The SMILES string of the molecule is CCC(CC1CC1)NCc1cnn(-c2ccccc2)n1. The van der Waals surface area contributed by atoms with E-state index in [-0.39, 0.29) is 0 Å². The van der Waals surface area contributed by atoms with E-state index < -0.39 is 0 Å². The minimum absolute atomic E-state index is 0.615. The van der Waals surface area contributed by atoms with Crippen LogP contribution < -0.4 is 5.32 Å². The zero-order valence-corrected chi connectivity index (χ0v) is 12.0. The third-order valence-electron chi connectivity index (χ3n) is 3.91. The molecule has 1 aromatic carbocycles. The Morgan fingerprint density at radius 1 is 1.30 bits per heavy atom. The summed E-state index contributed by atoms with van der Waals surface area (Å²) in [6, 6.07) is 10.6. The number of nitrogens with zero attached hydrogens (tertiary/aromatic N) is 3. The first-order chi connectivity index (χ1) is 9.85. The summed E-state index contributed by atoms with van der Waals surface area (Å²) in [4.78, 5) is 1.69. The molecule has 1 fully saturated rings. The predicted octanol–water partition coefficient (Wildman–Crippen LogP) is 2.94. The monoisotopic (exact) mass is 270 g/mol. The summed E-state index contributed by atoms with van der Waals surface area (Å²) in [6.07, 6.45) is 7.18. The van der Waals surface area contributed by atoms with E-state index in [1.165, 1.54) is 25.7 Å². The first-order valence-electron chi connectivity index (χ1n) is 7.55. The van der Waals surface area contributed by atoms with Crippen molar-refractivity contribution in [3.05, 3.63) is 42.2 Å². The molecule has 1 saturated carbocycles. The number of hydrogen-bond acceptors (Lipinski definition) is 3. The second-order valence-corrected chi connectivity index (χ2v) is 5.63. The highest BCUT2D eigenvalue weighted by atomic mass is 15.5. The summed E-state index contributed by atoms with van der Waals surface area (Å²) in [5.74, 6) is 0.965. The molecule has 1 aromatic heterocycles. The largest absolute Gasteiger partial charge is 0.308 e. The molecular formula is C16H22N4. The minimum Gasteiger partial charge on any atom is -0.308 e. The van der Waals surface area contributed by atoms with Crippen molar-refractivity contribution >= 4 is 0 Å². The summed E-state index contributed by atoms with van der Waals surface area (Å²) < 4.78 is 0. The van der Waals surface area contributed by atoms with Gasteiger partial charge in [-0.05, 0) is 30.9 Å². The van der Waals surface area contributed by atoms with Gasteiger partial charge < -0.3 is 5.32 Å². The number of nitrogens with one attached hydrogen (secondary N) is 1. The molecule has 0 bridgehead atoms. The van der Waals surface area contributed by atoms with E-state index in [9.17, 15) is 0 Å². The van der Waals surface area contributed by atoms with Crippen LogP contribution in [0.25, 0.3) is 5.69 Å². The molecule has 3 rings (SSSR count). The molecule has 106 valence electrons. The second-order valence-electron chi connectivity index (χ2n) is 5.63. The highest BCUT2D eigenvalue weighted by Crippen LogP contribution is 2.34. The van der Waals surface area contributed by atoms with Crippen molar-refractivity contribution in [2.24, 2.45) is 5.92 Å². The van der Waals surface area contributed by atoms with Crippen molar-refractivity contribution in [3.63, 3.8) is 0 Å². The van der Waals surface area contributed by atoms with Crippen molar-refractivity contribution in [1.29, 1.82) is 0 Å². The fraction of sp³-hybridized carbons (Fsp3) is 0.500. The molecule has 1 atom stereocenters. The van der Waals surface area contributed by atoms with E-state index in [4.69, 9.17) is 0 Å². The van der Waals surface area contributed by atoms with Crippen molar-refractivity contribution in [3.8, 4) is 5.69 Å². The van der Waals surface area contributed by atoms with Gasteiger partial charge in [0.2, 0.25) is 0 Å². The summed E-state index contributed by atoms with van der Waals surface area (Å²) in [7, 11) is 0. The van der Waals surface area contributed by atoms with Crippen LogP contribution in [0.4, 0.5) is 0 Å². The predicted molar refractivity (Wildman–Crippen MR) is 79.6 cm³/mol. The van der Waals surface area contributed by atoms with Crippen LogP contribution in [0, 0.1) is 5.92 Å². The van der Waals surface area contributed by atoms with Gasteiger partial charge >= 0.3 is 0 Å². The van der Waals surface area contributed by atoms with Gasteiger partial charge in [0, 0.05) is 12.6 Å². The van der Waals surface area contributed by atoms with E-state index in [2.05, 4.69) is 22.4 Å². The summed E-state index contributed by atoms with van der Waals surface area (Å²) in [5.41, 5.74) is 2.01. The average Bonchev–Trinajstić information content (AvgIpc) is 3.19. The molecule has 1 N–H and O–H groups in total. The standard InChI is InChI=1S/C16H22N4/c1-2-14(10-13-8-9-13)17-11-15-12-18-20(19-15)16-6-4-3-5-7-16/h3-7,12-14,17H,2,8-11H2,1H3. The van der Waals surface area contributed by atoms with E-state index in [0.717, 1.165) is 23.8 Å². The van der Waals surface area contributed by atoms with Crippen LogP contribution in [0.3, 0.4) is 0 Å². The van der Waals surface area contributed by atoms with Crippen LogP contribution in [0.1, 0.15) is 38.3 Å². The lowest BCUT2D eigenvalue weighted by Gasteiger charge is -2.15. The maximum atomic E-state index is 4.52. The van der Waals surface area contributed by atoms with Crippen LogP contribution in [0.15, 0.2) is 36.5 Å². The fourth-order valence-corrected chi connectivity index (χ4v) is 2.46. The lowest BCUT2D eigenvalue weighted by atomic mass is 10.1. The molecule has 1 unspecified atom stereocenters. The van der Waals surface area contributed by atoms with Crippen LogP contribution in [-0.2, 0) is 6.54 Å². The van der Waals surface area contributed by atoms with Gasteiger partial charge in [0.25, 0.3) is 0 Å².